The first-order chi connectivity index (χ1) is 26.3. The van der Waals surface area contributed by atoms with Gasteiger partial charge in [-0.1, -0.05) is 127 Å². The Morgan fingerprint density at radius 2 is 0.925 bits per heavy atom. The number of rotatable bonds is 2. The average molecular weight is 673 g/mol. The van der Waals surface area contributed by atoms with E-state index in [9.17, 15) is 0 Å². The monoisotopic (exact) mass is 672 g/mol. The predicted octanol–water partition coefficient (Wildman–Crippen LogP) is 13.7. The molecule has 0 saturated heterocycles. The Kier molecular flexibility index (Phi) is 5.11. The van der Waals surface area contributed by atoms with Crippen molar-refractivity contribution < 1.29 is 4.42 Å². The van der Waals surface area contributed by atoms with Crippen LogP contribution in [-0.4, -0.2) is 9.13 Å². The zero-order valence-corrected chi connectivity index (χ0v) is 28.5. The van der Waals surface area contributed by atoms with Crippen LogP contribution in [0.2, 0.25) is 0 Å². The molecule has 0 N–H and O–H groups in total. The molecule has 0 unspecified atom stereocenters. The Bertz CT molecular complexity index is 3550. The van der Waals surface area contributed by atoms with Crippen LogP contribution in [0.5, 0.6) is 0 Å². The van der Waals surface area contributed by atoms with Crippen LogP contribution in [-0.2, 0) is 0 Å². The van der Waals surface area contributed by atoms with Gasteiger partial charge in [-0.25, -0.2) is 0 Å². The minimum atomic E-state index is 0.907. The van der Waals surface area contributed by atoms with Gasteiger partial charge in [0.15, 0.2) is 5.58 Å². The van der Waals surface area contributed by atoms with E-state index in [0.717, 1.165) is 39.0 Å². The summed E-state index contributed by atoms with van der Waals surface area (Å²) in [4.78, 5) is 0. The van der Waals surface area contributed by atoms with Gasteiger partial charge < -0.3 is 13.6 Å². The summed E-state index contributed by atoms with van der Waals surface area (Å²) in [5.74, 6) is 0. The highest BCUT2D eigenvalue weighted by Gasteiger charge is 2.27. The highest BCUT2D eigenvalue weighted by Crippen LogP contribution is 2.52. The van der Waals surface area contributed by atoms with Gasteiger partial charge >= 0.3 is 0 Å². The van der Waals surface area contributed by atoms with E-state index in [1.165, 1.54) is 81.8 Å². The third-order valence-corrected chi connectivity index (χ3v) is 11.8. The molecule has 244 valence electrons. The van der Waals surface area contributed by atoms with Gasteiger partial charge in [0.05, 0.1) is 22.1 Å². The van der Waals surface area contributed by atoms with Crippen LogP contribution in [0.4, 0.5) is 0 Å². The van der Waals surface area contributed by atoms with E-state index in [-0.39, 0.29) is 0 Å². The SMILES string of the molecule is c1cc2c3c(cccc3c1)-c1c-2ccc2c3ccccc3n(-c3ccc(-n4c5ccccc5c5c6ccccc6c6c7ccccc7oc6c54)cc3)c12. The van der Waals surface area contributed by atoms with Crippen LogP contribution in [0.1, 0.15) is 0 Å². The van der Waals surface area contributed by atoms with Crippen LogP contribution >= 0.6 is 0 Å². The highest BCUT2D eigenvalue weighted by molar-refractivity contribution is 6.35. The minimum Gasteiger partial charge on any atom is -0.454 e. The lowest BCUT2D eigenvalue weighted by molar-refractivity contribution is 0.671. The van der Waals surface area contributed by atoms with Gasteiger partial charge in [0.1, 0.15) is 5.58 Å². The summed E-state index contributed by atoms with van der Waals surface area (Å²) in [6.45, 7) is 0. The zero-order chi connectivity index (χ0) is 34.4. The lowest BCUT2D eigenvalue weighted by Crippen LogP contribution is -1.98. The summed E-state index contributed by atoms with van der Waals surface area (Å²) in [7, 11) is 0. The molecule has 3 heterocycles. The summed E-state index contributed by atoms with van der Waals surface area (Å²) in [6, 6.07) is 62.1. The Labute approximate surface area is 303 Å². The second-order valence-corrected chi connectivity index (χ2v) is 14.4. The van der Waals surface area contributed by atoms with Crippen molar-refractivity contribution in [2.75, 3.05) is 0 Å². The molecule has 53 heavy (non-hydrogen) atoms. The molecule has 0 radical (unpaired) electrons. The summed E-state index contributed by atoms with van der Waals surface area (Å²) in [6.07, 6.45) is 0. The molecule has 0 bridgehead atoms. The Morgan fingerprint density at radius 3 is 1.68 bits per heavy atom. The van der Waals surface area contributed by atoms with E-state index in [0.29, 0.717) is 0 Å². The molecule has 13 rings (SSSR count). The number of para-hydroxylation sites is 3. The van der Waals surface area contributed by atoms with Gasteiger partial charge in [-0.3, -0.25) is 0 Å². The fourth-order valence-corrected chi connectivity index (χ4v) is 9.74. The lowest BCUT2D eigenvalue weighted by Gasteiger charge is -2.14. The van der Waals surface area contributed by atoms with Crippen molar-refractivity contribution in [3.8, 4) is 33.6 Å². The third kappa shape index (κ3) is 3.40. The van der Waals surface area contributed by atoms with Gasteiger partial charge in [-0.2, -0.15) is 0 Å². The van der Waals surface area contributed by atoms with Crippen molar-refractivity contribution in [2.24, 2.45) is 0 Å². The molecule has 0 amide bonds. The molecule has 3 aromatic heterocycles. The van der Waals surface area contributed by atoms with E-state index in [2.05, 4.69) is 179 Å². The molecule has 1 aliphatic rings. The van der Waals surface area contributed by atoms with Crippen LogP contribution in [0, 0.1) is 0 Å². The molecule has 0 fully saturated rings. The molecule has 3 heteroatoms. The first kappa shape index (κ1) is 27.6. The molecular weight excluding hydrogens is 645 g/mol. The smallest absolute Gasteiger partial charge is 0.160 e. The number of benzene rings is 9. The topological polar surface area (TPSA) is 23.0 Å². The molecule has 1 aliphatic carbocycles. The number of aromatic nitrogens is 2. The third-order valence-electron chi connectivity index (χ3n) is 11.8. The van der Waals surface area contributed by atoms with Crippen molar-refractivity contribution in [3.05, 3.63) is 170 Å². The normalized spacial score (nSPS) is 12.5. The van der Waals surface area contributed by atoms with Crippen molar-refractivity contribution in [1.82, 2.24) is 9.13 Å². The standard InChI is InChI=1S/C50H28N2O/c1-2-15-35-34(14-1)45-38-16-4-7-21-42(38)52(49(45)50-47(35)39-17-5-8-22-43(39)53-50)31-25-23-30(24-26-31)51-41-20-6-3-13-32(41)37-28-27-36-33-18-9-11-29-12-10-19-40(44(29)33)46(36)48(37)51/h1-28H. The first-order valence-electron chi connectivity index (χ1n) is 18.3. The van der Waals surface area contributed by atoms with Crippen LogP contribution in [0.25, 0.3) is 121 Å². The van der Waals surface area contributed by atoms with Gasteiger partial charge in [0, 0.05) is 49.3 Å². The van der Waals surface area contributed by atoms with Crippen molar-refractivity contribution in [1.29, 1.82) is 0 Å². The first-order valence-corrected chi connectivity index (χ1v) is 18.3. The van der Waals surface area contributed by atoms with E-state index in [4.69, 9.17) is 4.42 Å². The maximum Gasteiger partial charge on any atom is 0.160 e. The fourth-order valence-electron chi connectivity index (χ4n) is 9.74. The summed E-state index contributed by atoms with van der Waals surface area (Å²) >= 11 is 0. The molecule has 12 aromatic rings. The van der Waals surface area contributed by atoms with E-state index < -0.39 is 0 Å². The zero-order valence-electron chi connectivity index (χ0n) is 28.5. The number of furan rings is 1. The lowest BCUT2D eigenvalue weighted by atomic mass is 9.99. The summed E-state index contributed by atoms with van der Waals surface area (Å²) < 4.78 is 11.7. The summed E-state index contributed by atoms with van der Waals surface area (Å²) in [5, 5.41) is 12.4. The van der Waals surface area contributed by atoms with Gasteiger partial charge in [0.25, 0.3) is 0 Å². The molecule has 9 aromatic carbocycles. The van der Waals surface area contributed by atoms with E-state index >= 15 is 0 Å². The minimum absolute atomic E-state index is 0.907. The van der Waals surface area contributed by atoms with Crippen LogP contribution in [0.15, 0.2) is 174 Å². The van der Waals surface area contributed by atoms with Crippen molar-refractivity contribution in [2.45, 2.75) is 0 Å². The molecule has 3 nitrogen and oxygen atoms in total. The largest absolute Gasteiger partial charge is 0.454 e. The molecule has 0 spiro atoms. The average Bonchev–Trinajstić information content (AvgIpc) is 3.96. The summed E-state index contributed by atoms with van der Waals surface area (Å²) in [5.41, 5.74) is 14.0. The number of hydrogen-bond donors (Lipinski definition) is 0. The molecule has 0 saturated carbocycles. The maximum atomic E-state index is 6.81. The Hall–Kier alpha value is -7.10. The molecule has 0 atom stereocenters. The maximum absolute atomic E-state index is 6.81. The van der Waals surface area contributed by atoms with Gasteiger partial charge in [-0.05, 0) is 80.7 Å². The number of fused-ring (bicyclic) bond motifs is 17. The second-order valence-electron chi connectivity index (χ2n) is 14.4. The van der Waals surface area contributed by atoms with Gasteiger partial charge in [-0.15, -0.1) is 0 Å². The van der Waals surface area contributed by atoms with E-state index in [1.54, 1.807) is 0 Å². The number of nitrogens with zero attached hydrogens (tertiary/aromatic N) is 2. The van der Waals surface area contributed by atoms with Crippen LogP contribution < -0.4 is 0 Å². The van der Waals surface area contributed by atoms with E-state index in [1.807, 2.05) is 0 Å². The molecular formula is C50H28N2O. The number of hydrogen-bond acceptors (Lipinski definition) is 1. The Morgan fingerprint density at radius 1 is 0.340 bits per heavy atom. The fraction of sp³-hybridized carbons (Fsp3) is 0. The molecule has 0 aliphatic heterocycles. The highest BCUT2D eigenvalue weighted by atomic mass is 16.3. The van der Waals surface area contributed by atoms with Crippen molar-refractivity contribution in [3.63, 3.8) is 0 Å². The quantitative estimate of drug-likeness (QED) is 0.179. The van der Waals surface area contributed by atoms with Crippen molar-refractivity contribution >= 4 is 87.1 Å². The Balaban J connectivity index is 1.11. The predicted molar refractivity (Wildman–Crippen MR) is 222 cm³/mol. The van der Waals surface area contributed by atoms with Crippen LogP contribution in [0.3, 0.4) is 0 Å². The van der Waals surface area contributed by atoms with Gasteiger partial charge in [0.2, 0.25) is 0 Å². The second kappa shape index (κ2) is 9.81.